The number of anilines is 1. The molecule has 0 unspecified atom stereocenters. The molecule has 1 aromatic carbocycles. The second-order valence-electron chi connectivity index (χ2n) is 7.19. The minimum absolute atomic E-state index is 0.146. The zero-order valence-electron chi connectivity index (χ0n) is 17.0. The summed E-state index contributed by atoms with van der Waals surface area (Å²) < 4.78 is 12.8. The van der Waals surface area contributed by atoms with Crippen LogP contribution in [0.2, 0.25) is 0 Å². The second-order valence-corrected chi connectivity index (χ2v) is 7.19. The number of rotatable bonds is 7. The van der Waals surface area contributed by atoms with Gasteiger partial charge in [-0.05, 0) is 31.0 Å². The maximum absolute atomic E-state index is 13.1. The number of nitrogens with zero attached hydrogens (tertiary/aromatic N) is 5. The zero-order valence-corrected chi connectivity index (χ0v) is 17.0. The number of nitrogens with one attached hydrogen (secondary N) is 1. The van der Waals surface area contributed by atoms with Crippen molar-refractivity contribution in [2.24, 2.45) is 0 Å². The molecule has 0 aliphatic rings. The molecule has 1 amide bonds. The van der Waals surface area contributed by atoms with E-state index in [4.69, 9.17) is 9.26 Å². The Labute approximate surface area is 173 Å². The van der Waals surface area contributed by atoms with E-state index in [1.807, 2.05) is 32.0 Å². The van der Waals surface area contributed by atoms with Crippen LogP contribution in [0, 0.1) is 6.92 Å². The lowest BCUT2D eigenvalue weighted by molar-refractivity contribution is 0.102. The number of hydrogen-bond donors (Lipinski definition) is 1. The molecule has 4 aromatic rings. The number of amides is 1. The molecule has 0 saturated carbocycles. The van der Waals surface area contributed by atoms with E-state index in [0.29, 0.717) is 46.9 Å². The second kappa shape index (κ2) is 8.32. The van der Waals surface area contributed by atoms with Crippen molar-refractivity contribution in [2.75, 3.05) is 11.9 Å². The fourth-order valence-electron chi connectivity index (χ4n) is 3.06. The number of aryl methyl sites for hydroxylation is 1. The molecule has 4 rings (SSSR count). The van der Waals surface area contributed by atoms with Gasteiger partial charge < -0.3 is 14.6 Å². The van der Waals surface area contributed by atoms with Gasteiger partial charge in [-0.25, -0.2) is 14.6 Å². The Kier molecular flexibility index (Phi) is 5.42. The first-order chi connectivity index (χ1) is 14.5. The summed E-state index contributed by atoms with van der Waals surface area (Å²) in [6, 6.07) is 9.05. The molecule has 9 heteroatoms. The van der Waals surface area contributed by atoms with Crippen LogP contribution in [0.15, 0.2) is 47.5 Å². The number of fused-ring (bicyclic) bond motifs is 1. The predicted molar refractivity (Wildman–Crippen MR) is 111 cm³/mol. The molecule has 3 aromatic heterocycles. The van der Waals surface area contributed by atoms with Gasteiger partial charge in [0.1, 0.15) is 25.0 Å². The molecule has 3 heterocycles. The van der Waals surface area contributed by atoms with Gasteiger partial charge in [0.15, 0.2) is 0 Å². The molecule has 9 nitrogen and oxygen atoms in total. The molecule has 0 saturated heterocycles. The van der Waals surface area contributed by atoms with Crippen LogP contribution in [0.4, 0.5) is 5.69 Å². The molecule has 0 spiro atoms. The van der Waals surface area contributed by atoms with Crippen LogP contribution in [0.1, 0.15) is 41.5 Å². The maximum Gasteiger partial charge on any atom is 0.259 e. The third-order valence-corrected chi connectivity index (χ3v) is 4.62. The van der Waals surface area contributed by atoms with Gasteiger partial charge in [0.05, 0.1) is 23.2 Å². The molecule has 1 N–H and O–H groups in total. The van der Waals surface area contributed by atoms with Crippen molar-refractivity contribution in [3.05, 3.63) is 59.9 Å². The van der Waals surface area contributed by atoms with E-state index in [0.717, 1.165) is 5.69 Å². The first-order valence-corrected chi connectivity index (χ1v) is 9.65. The summed E-state index contributed by atoms with van der Waals surface area (Å²) in [6.07, 6.45) is 3.11. The lowest BCUT2D eigenvalue weighted by Gasteiger charge is -2.11. The molecular weight excluding hydrogens is 384 g/mol. The zero-order chi connectivity index (χ0) is 21.1. The largest absolute Gasteiger partial charge is 0.492 e. The van der Waals surface area contributed by atoms with E-state index >= 15 is 0 Å². The Morgan fingerprint density at radius 3 is 2.93 bits per heavy atom. The van der Waals surface area contributed by atoms with Crippen molar-refractivity contribution >= 4 is 22.7 Å². The van der Waals surface area contributed by atoms with Crippen molar-refractivity contribution < 1.29 is 14.1 Å². The maximum atomic E-state index is 13.1. The van der Waals surface area contributed by atoms with Gasteiger partial charge in [-0.15, -0.1) is 0 Å². The molecular formula is C21H22N6O3. The Bertz CT molecular complexity index is 1170. The third-order valence-electron chi connectivity index (χ3n) is 4.62. The minimum Gasteiger partial charge on any atom is -0.492 e. The molecule has 0 atom stereocenters. The van der Waals surface area contributed by atoms with Crippen LogP contribution in [-0.4, -0.2) is 37.4 Å². The van der Waals surface area contributed by atoms with Gasteiger partial charge >= 0.3 is 0 Å². The van der Waals surface area contributed by atoms with E-state index in [-0.39, 0.29) is 11.8 Å². The van der Waals surface area contributed by atoms with Crippen molar-refractivity contribution in [3.63, 3.8) is 0 Å². The molecule has 30 heavy (non-hydrogen) atoms. The van der Waals surface area contributed by atoms with Crippen molar-refractivity contribution in [1.82, 2.24) is 24.9 Å². The van der Waals surface area contributed by atoms with Gasteiger partial charge in [0.25, 0.3) is 11.6 Å². The van der Waals surface area contributed by atoms with Gasteiger partial charge in [0.2, 0.25) is 0 Å². The van der Waals surface area contributed by atoms with Gasteiger partial charge in [-0.1, -0.05) is 25.1 Å². The molecule has 0 aliphatic carbocycles. The standard InChI is InChI=1S/C21H22N6O3/c1-13(2)18-10-17(19-14(3)26-30-21(19)25-18)20(28)24-15-5-4-6-16(9-15)29-8-7-27-12-22-11-23-27/h4-6,9-13H,7-8H2,1-3H3,(H,24,28). The molecule has 154 valence electrons. The summed E-state index contributed by atoms with van der Waals surface area (Å²) in [7, 11) is 0. The molecule has 0 fully saturated rings. The van der Waals surface area contributed by atoms with E-state index < -0.39 is 0 Å². The fraction of sp³-hybridized carbons (Fsp3) is 0.286. The summed E-state index contributed by atoms with van der Waals surface area (Å²) in [4.78, 5) is 21.4. The number of ether oxygens (including phenoxy) is 1. The SMILES string of the molecule is Cc1noc2nc(C(C)C)cc(C(=O)Nc3cccc(OCCn4cncn4)c3)c12. The van der Waals surface area contributed by atoms with Crippen molar-refractivity contribution in [2.45, 2.75) is 33.2 Å². The Morgan fingerprint density at radius 1 is 1.30 bits per heavy atom. The fourth-order valence-corrected chi connectivity index (χ4v) is 3.06. The highest BCUT2D eigenvalue weighted by Crippen LogP contribution is 2.26. The van der Waals surface area contributed by atoms with Crippen LogP contribution in [0.5, 0.6) is 5.75 Å². The Hall–Kier alpha value is -3.75. The highest BCUT2D eigenvalue weighted by molar-refractivity contribution is 6.12. The molecule has 0 radical (unpaired) electrons. The summed E-state index contributed by atoms with van der Waals surface area (Å²) in [5.74, 6) is 0.542. The van der Waals surface area contributed by atoms with Crippen molar-refractivity contribution in [3.8, 4) is 5.75 Å². The summed E-state index contributed by atoms with van der Waals surface area (Å²) in [5.41, 5.74) is 2.88. The topological polar surface area (TPSA) is 108 Å². The summed E-state index contributed by atoms with van der Waals surface area (Å²) in [6.45, 7) is 6.83. The van der Waals surface area contributed by atoms with Gasteiger partial charge in [0, 0.05) is 17.4 Å². The first kappa shape index (κ1) is 19.6. The highest BCUT2D eigenvalue weighted by atomic mass is 16.5. The molecule has 0 bridgehead atoms. The third kappa shape index (κ3) is 4.14. The number of carbonyl (C=O) groups is 1. The van der Waals surface area contributed by atoms with E-state index in [1.165, 1.54) is 6.33 Å². The highest BCUT2D eigenvalue weighted by Gasteiger charge is 2.20. The minimum atomic E-state index is -0.254. The van der Waals surface area contributed by atoms with Crippen LogP contribution >= 0.6 is 0 Å². The summed E-state index contributed by atoms with van der Waals surface area (Å²) >= 11 is 0. The van der Waals surface area contributed by atoms with Crippen LogP contribution in [0.3, 0.4) is 0 Å². The summed E-state index contributed by atoms with van der Waals surface area (Å²) in [5, 5.41) is 11.6. The lowest BCUT2D eigenvalue weighted by Crippen LogP contribution is -2.14. The normalized spacial score (nSPS) is 11.2. The lowest BCUT2D eigenvalue weighted by atomic mass is 10.0. The van der Waals surface area contributed by atoms with E-state index in [1.54, 1.807) is 30.1 Å². The number of pyridine rings is 1. The van der Waals surface area contributed by atoms with Crippen LogP contribution in [0.25, 0.3) is 11.1 Å². The molecule has 0 aliphatic heterocycles. The van der Waals surface area contributed by atoms with E-state index in [2.05, 4.69) is 25.5 Å². The Balaban J connectivity index is 1.52. The first-order valence-electron chi connectivity index (χ1n) is 9.65. The average Bonchev–Trinajstić information content (AvgIpc) is 3.37. The predicted octanol–water partition coefficient (Wildman–Crippen LogP) is 3.58. The monoisotopic (exact) mass is 406 g/mol. The van der Waals surface area contributed by atoms with Crippen LogP contribution < -0.4 is 10.1 Å². The quantitative estimate of drug-likeness (QED) is 0.500. The number of carbonyl (C=O) groups excluding carboxylic acids is 1. The number of benzene rings is 1. The van der Waals surface area contributed by atoms with Crippen LogP contribution in [-0.2, 0) is 6.54 Å². The van der Waals surface area contributed by atoms with Gasteiger partial charge in [-0.3, -0.25) is 4.79 Å². The van der Waals surface area contributed by atoms with E-state index in [9.17, 15) is 4.79 Å². The smallest absolute Gasteiger partial charge is 0.259 e. The number of hydrogen-bond acceptors (Lipinski definition) is 7. The number of aromatic nitrogens is 5. The average molecular weight is 406 g/mol. The van der Waals surface area contributed by atoms with Crippen molar-refractivity contribution in [1.29, 1.82) is 0 Å². The Morgan fingerprint density at radius 2 is 2.17 bits per heavy atom. The van der Waals surface area contributed by atoms with Gasteiger partial charge in [-0.2, -0.15) is 5.10 Å².